The van der Waals surface area contributed by atoms with Gasteiger partial charge in [-0.05, 0) is 73.1 Å². The van der Waals surface area contributed by atoms with Crippen LogP contribution >= 0.6 is 0 Å². The largest absolute Gasteiger partial charge is 0.373 e. The Hall–Kier alpha value is -2.12. The molecule has 1 fully saturated rings. The van der Waals surface area contributed by atoms with Gasteiger partial charge >= 0.3 is 0 Å². The normalized spacial score (nSPS) is 19.0. The van der Waals surface area contributed by atoms with Crippen LogP contribution in [-0.2, 0) is 17.8 Å². The summed E-state index contributed by atoms with van der Waals surface area (Å²) in [5.41, 5.74) is 5.25. The summed E-state index contributed by atoms with van der Waals surface area (Å²) in [7, 11) is 0. The predicted octanol–water partition coefficient (Wildman–Crippen LogP) is 8.54. The first-order valence-electron chi connectivity index (χ1n) is 12.3. The van der Waals surface area contributed by atoms with E-state index in [0.717, 1.165) is 11.8 Å². The van der Waals surface area contributed by atoms with E-state index in [-0.39, 0.29) is 0 Å². The van der Waals surface area contributed by atoms with E-state index in [4.69, 9.17) is 4.74 Å². The number of aryl methyl sites for hydroxylation is 1. The third kappa shape index (κ3) is 8.15. The highest BCUT2D eigenvalue weighted by Gasteiger charge is 2.19. The van der Waals surface area contributed by atoms with Gasteiger partial charge in [-0.25, -0.2) is 0 Å². The van der Waals surface area contributed by atoms with E-state index in [1.165, 1.54) is 80.0 Å². The molecule has 1 aliphatic carbocycles. The quantitative estimate of drug-likeness (QED) is 0.249. The molecule has 0 amide bonds. The third-order valence-corrected chi connectivity index (χ3v) is 6.75. The highest BCUT2D eigenvalue weighted by atomic mass is 16.5. The Bertz CT molecular complexity index is 776. The molecule has 2 aromatic rings. The molecule has 1 saturated carbocycles. The second-order valence-corrected chi connectivity index (χ2v) is 9.13. The SMILES string of the molecule is C=CC[C@H]1CC[C@H](CCCCc2ccc(-c3ccc(COCC=CC)cc3)cc2)CC1. The van der Waals surface area contributed by atoms with Crippen molar-refractivity contribution in [2.75, 3.05) is 6.61 Å². The molecule has 0 radical (unpaired) electrons. The minimum absolute atomic E-state index is 0.666. The third-order valence-electron chi connectivity index (χ3n) is 6.75. The van der Waals surface area contributed by atoms with Gasteiger partial charge in [0.2, 0.25) is 0 Å². The van der Waals surface area contributed by atoms with Gasteiger partial charge < -0.3 is 4.74 Å². The van der Waals surface area contributed by atoms with E-state index in [2.05, 4.69) is 61.2 Å². The maximum absolute atomic E-state index is 5.63. The predicted molar refractivity (Wildman–Crippen MR) is 134 cm³/mol. The van der Waals surface area contributed by atoms with E-state index in [1.54, 1.807) is 0 Å². The lowest BCUT2D eigenvalue weighted by molar-refractivity contribution is 0.148. The summed E-state index contributed by atoms with van der Waals surface area (Å²) in [5, 5.41) is 0. The maximum Gasteiger partial charge on any atom is 0.0721 e. The highest BCUT2D eigenvalue weighted by Crippen LogP contribution is 2.33. The molecule has 1 nitrogen and oxygen atoms in total. The molecule has 0 unspecified atom stereocenters. The molecule has 0 aliphatic heterocycles. The summed E-state index contributed by atoms with van der Waals surface area (Å²) in [5.74, 6) is 1.89. The summed E-state index contributed by atoms with van der Waals surface area (Å²) in [6.45, 7) is 7.26. The van der Waals surface area contributed by atoms with Crippen LogP contribution in [0, 0.1) is 11.8 Å². The smallest absolute Gasteiger partial charge is 0.0721 e. The Morgan fingerprint density at radius 3 is 2.06 bits per heavy atom. The molecule has 0 N–H and O–H groups in total. The van der Waals surface area contributed by atoms with Gasteiger partial charge in [0, 0.05) is 0 Å². The molecule has 1 heteroatoms. The second-order valence-electron chi connectivity index (χ2n) is 9.13. The van der Waals surface area contributed by atoms with Crippen LogP contribution in [0.15, 0.2) is 73.3 Å². The Morgan fingerprint density at radius 2 is 1.45 bits per heavy atom. The Labute approximate surface area is 190 Å². The van der Waals surface area contributed by atoms with E-state index in [1.807, 2.05) is 19.1 Å². The topological polar surface area (TPSA) is 9.23 Å². The van der Waals surface area contributed by atoms with E-state index in [0.29, 0.717) is 13.2 Å². The minimum Gasteiger partial charge on any atom is -0.373 e. The zero-order valence-electron chi connectivity index (χ0n) is 19.4. The van der Waals surface area contributed by atoms with Crippen molar-refractivity contribution in [1.82, 2.24) is 0 Å². The molecule has 3 rings (SSSR count). The van der Waals surface area contributed by atoms with Gasteiger partial charge in [-0.3, -0.25) is 0 Å². The number of hydrogen-bond donors (Lipinski definition) is 0. The van der Waals surface area contributed by atoms with Crippen LogP contribution < -0.4 is 0 Å². The molecular weight excluding hydrogens is 376 g/mol. The highest BCUT2D eigenvalue weighted by molar-refractivity contribution is 5.63. The standard InChI is InChI=1S/C30H40O/c1-3-5-23-31-24-28-17-21-30(22-18-28)29-19-15-27(16-20-29)10-7-6-9-26-13-11-25(8-4-2)12-14-26/h3-5,15-22,25-26H,2,6-14,23-24H2,1H3/t25-,26-. The number of unbranched alkanes of at least 4 members (excludes halogenated alkanes) is 1. The number of ether oxygens (including phenoxy) is 1. The van der Waals surface area contributed by atoms with Gasteiger partial charge in [0.05, 0.1) is 13.2 Å². The van der Waals surface area contributed by atoms with Gasteiger partial charge in [-0.1, -0.05) is 92.4 Å². The molecule has 31 heavy (non-hydrogen) atoms. The lowest BCUT2D eigenvalue weighted by Gasteiger charge is -2.27. The fourth-order valence-corrected chi connectivity index (χ4v) is 4.75. The Balaban J connectivity index is 1.37. The molecule has 0 atom stereocenters. The molecule has 0 spiro atoms. The fourth-order valence-electron chi connectivity index (χ4n) is 4.75. The summed E-state index contributed by atoms with van der Waals surface area (Å²) in [4.78, 5) is 0. The van der Waals surface area contributed by atoms with Crippen LogP contribution in [-0.4, -0.2) is 6.61 Å². The van der Waals surface area contributed by atoms with Crippen molar-refractivity contribution in [3.8, 4) is 11.1 Å². The van der Waals surface area contributed by atoms with Gasteiger partial charge in [-0.15, -0.1) is 6.58 Å². The summed E-state index contributed by atoms with van der Waals surface area (Å²) in [6, 6.07) is 17.9. The maximum atomic E-state index is 5.63. The number of benzene rings is 2. The molecule has 0 heterocycles. The molecule has 1 aliphatic rings. The van der Waals surface area contributed by atoms with Crippen LogP contribution in [0.1, 0.15) is 69.4 Å². The van der Waals surface area contributed by atoms with Crippen molar-refractivity contribution in [2.45, 2.75) is 71.3 Å². The number of rotatable bonds is 12. The van der Waals surface area contributed by atoms with Crippen molar-refractivity contribution >= 4 is 0 Å². The van der Waals surface area contributed by atoms with E-state index < -0.39 is 0 Å². The lowest BCUT2D eigenvalue weighted by Crippen LogP contribution is -2.14. The Kier molecular flexibility index (Phi) is 10.1. The molecule has 166 valence electrons. The average molecular weight is 417 g/mol. The van der Waals surface area contributed by atoms with E-state index >= 15 is 0 Å². The van der Waals surface area contributed by atoms with Gasteiger partial charge in [0.1, 0.15) is 0 Å². The zero-order chi connectivity index (χ0) is 21.7. The molecule has 0 aromatic heterocycles. The first-order chi connectivity index (χ1) is 15.3. The minimum atomic E-state index is 0.666. The Morgan fingerprint density at radius 1 is 0.839 bits per heavy atom. The van der Waals surface area contributed by atoms with Gasteiger partial charge in [0.25, 0.3) is 0 Å². The van der Waals surface area contributed by atoms with Crippen LogP contribution in [0.5, 0.6) is 0 Å². The summed E-state index contributed by atoms with van der Waals surface area (Å²) in [6.07, 6.45) is 18.4. The first kappa shape index (κ1) is 23.5. The molecule has 2 aromatic carbocycles. The van der Waals surface area contributed by atoms with Crippen molar-refractivity contribution in [2.24, 2.45) is 11.8 Å². The van der Waals surface area contributed by atoms with Crippen LogP contribution in [0.2, 0.25) is 0 Å². The van der Waals surface area contributed by atoms with E-state index in [9.17, 15) is 0 Å². The van der Waals surface area contributed by atoms with Gasteiger partial charge in [-0.2, -0.15) is 0 Å². The fraction of sp³-hybridized carbons (Fsp3) is 0.467. The first-order valence-corrected chi connectivity index (χ1v) is 12.3. The van der Waals surface area contributed by atoms with Gasteiger partial charge in [0.15, 0.2) is 0 Å². The second kappa shape index (κ2) is 13.3. The molecule has 0 saturated heterocycles. The summed E-state index contributed by atoms with van der Waals surface area (Å²) >= 11 is 0. The van der Waals surface area contributed by atoms with Crippen molar-refractivity contribution in [3.63, 3.8) is 0 Å². The average Bonchev–Trinajstić information content (AvgIpc) is 2.82. The van der Waals surface area contributed by atoms with Crippen LogP contribution in [0.4, 0.5) is 0 Å². The molecule has 0 bridgehead atoms. The zero-order valence-corrected chi connectivity index (χ0v) is 19.4. The lowest BCUT2D eigenvalue weighted by atomic mass is 9.78. The van der Waals surface area contributed by atoms with Crippen LogP contribution in [0.3, 0.4) is 0 Å². The van der Waals surface area contributed by atoms with Crippen molar-refractivity contribution in [3.05, 3.63) is 84.5 Å². The van der Waals surface area contributed by atoms with Crippen molar-refractivity contribution < 1.29 is 4.74 Å². The number of hydrogen-bond acceptors (Lipinski definition) is 1. The van der Waals surface area contributed by atoms with Crippen molar-refractivity contribution in [1.29, 1.82) is 0 Å². The van der Waals surface area contributed by atoms with Crippen LogP contribution in [0.25, 0.3) is 11.1 Å². The monoisotopic (exact) mass is 416 g/mol. The summed E-state index contributed by atoms with van der Waals surface area (Å²) < 4.78 is 5.63. The molecular formula is C30H40O. The number of allylic oxidation sites excluding steroid dienone is 2.